The fourth-order valence-corrected chi connectivity index (χ4v) is 2.05. The highest BCUT2D eigenvalue weighted by molar-refractivity contribution is 6.31. The Bertz CT molecular complexity index is 807. The Kier molecular flexibility index (Phi) is 4.99. The number of phenolic OH excluding ortho intramolecular Hbond substituents is 2. The molecule has 0 fully saturated rings. The van der Waals surface area contributed by atoms with E-state index in [4.69, 9.17) is 11.6 Å². The average molecular weight is 359 g/mol. The van der Waals surface area contributed by atoms with E-state index < -0.39 is 23.4 Å². The highest BCUT2D eigenvalue weighted by Crippen LogP contribution is 2.38. The van der Waals surface area contributed by atoms with Gasteiger partial charge in [0.05, 0.1) is 17.3 Å². The number of nitrogens with one attached hydrogen (secondary N) is 1. The van der Waals surface area contributed by atoms with Crippen LogP contribution in [0.3, 0.4) is 0 Å². The van der Waals surface area contributed by atoms with Gasteiger partial charge < -0.3 is 10.2 Å². The van der Waals surface area contributed by atoms with Crippen molar-refractivity contribution in [3.63, 3.8) is 0 Å². The Labute approximate surface area is 139 Å². The van der Waals surface area contributed by atoms with Crippen molar-refractivity contribution >= 4 is 23.7 Å². The second-order valence-corrected chi connectivity index (χ2v) is 5.04. The minimum Gasteiger partial charge on any atom is -0.507 e. The molecule has 3 N–H and O–H groups in total. The summed E-state index contributed by atoms with van der Waals surface area (Å²) in [5.41, 5.74) is 0.317. The summed E-state index contributed by atoms with van der Waals surface area (Å²) in [6.07, 6.45) is -3.98. The molecule has 0 aliphatic rings. The number of hydrogen-bond donors (Lipinski definition) is 3. The molecule has 24 heavy (non-hydrogen) atoms. The van der Waals surface area contributed by atoms with Crippen molar-refractivity contribution < 1.29 is 28.2 Å². The number of para-hydroxylation sites is 1. The molecular formula is C15H10ClF3N2O3. The van der Waals surface area contributed by atoms with Gasteiger partial charge in [-0.15, -0.1) is 0 Å². The molecule has 5 nitrogen and oxygen atoms in total. The van der Waals surface area contributed by atoms with E-state index in [1.54, 1.807) is 0 Å². The van der Waals surface area contributed by atoms with Gasteiger partial charge in [0.15, 0.2) is 0 Å². The van der Waals surface area contributed by atoms with E-state index in [2.05, 4.69) is 5.10 Å². The van der Waals surface area contributed by atoms with Crippen molar-refractivity contribution in [2.45, 2.75) is 6.18 Å². The standard InChI is InChI=1S/C15H10ClF3N2O3/c16-9-5-8(13(23)11(6-9)15(17,18)19)7-20-21-14(24)10-3-1-2-4-12(10)22/h1-7,22-23H,(H,21,24)/b20-7+. The molecule has 0 unspecified atom stereocenters. The molecule has 9 heteroatoms. The molecule has 0 spiro atoms. The van der Waals surface area contributed by atoms with Crippen molar-refractivity contribution in [3.05, 3.63) is 58.1 Å². The molecule has 126 valence electrons. The Hall–Kier alpha value is -2.74. The van der Waals surface area contributed by atoms with Crippen molar-refractivity contribution in [2.75, 3.05) is 0 Å². The van der Waals surface area contributed by atoms with E-state index in [1.807, 2.05) is 5.43 Å². The highest BCUT2D eigenvalue weighted by atomic mass is 35.5. The Morgan fingerprint density at radius 3 is 2.50 bits per heavy atom. The van der Waals surface area contributed by atoms with E-state index in [-0.39, 0.29) is 21.9 Å². The van der Waals surface area contributed by atoms with Gasteiger partial charge in [-0.05, 0) is 24.3 Å². The van der Waals surface area contributed by atoms with Crippen LogP contribution in [0.5, 0.6) is 11.5 Å². The fourth-order valence-electron chi connectivity index (χ4n) is 1.82. The molecule has 2 rings (SSSR count). The fraction of sp³-hybridized carbons (Fsp3) is 0.0667. The van der Waals surface area contributed by atoms with Crippen LogP contribution in [0.2, 0.25) is 5.02 Å². The second-order valence-electron chi connectivity index (χ2n) is 4.61. The lowest BCUT2D eigenvalue weighted by Gasteiger charge is -2.11. The zero-order chi connectivity index (χ0) is 17.9. The first-order valence-electron chi connectivity index (χ1n) is 6.41. The van der Waals surface area contributed by atoms with Gasteiger partial charge in [0.1, 0.15) is 11.5 Å². The van der Waals surface area contributed by atoms with Crippen LogP contribution in [-0.2, 0) is 6.18 Å². The third kappa shape index (κ3) is 3.96. The van der Waals surface area contributed by atoms with Crippen LogP contribution in [-0.4, -0.2) is 22.3 Å². The zero-order valence-electron chi connectivity index (χ0n) is 11.8. The molecule has 0 aliphatic heterocycles. The summed E-state index contributed by atoms with van der Waals surface area (Å²) in [6.45, 7) is 0. The SMILES string of the molecule is O=C(N/N=C/c1cc(Cl)cc(C(F)(F)F)c1O)c1ccccc1O. The molecule has 2 aromatic carbocycles. The quantitative estimate of drug-likeness (QED) is 0.580. The lowest BCUT2D eigenvalue weighted by molar-refractivity contribution is -0.138. The number of alkyl halides is 3. The van der Waals surface area contributed by atoms with Crippen molar-refractivity contribution in [3.8, 4) is 11.5 Å². The Morgan fingerprint density at radius 2 is 1.88 bits per heavy atom. The predicted molar refractivity (Wildman–Crippen MR) is 81.3 cm³/mol. The lowest BCUT2D eigenvalue weighted by Crippen LogP contribution is -2.17. The smallest absolute Gasteiger partial charge is 0.420 e. The third-order valence-corrected chi connectivity index (χ3v) is 3.15. The number of aromatic hydroxyl groups is 2. The van der Waals surface area contributed by atoms with Crippen LogP contribution in [0.4, 0.5) is 13.2 Å². The number of benzene rings is 2. The van der Waals surface area contributed by atoms with Crippen molar-refractivity contribution in [1.82, 2.24) is 5.43 Å². The van der Waals surface area contributed by atoms with Gasteiger partial charge in [0.25, 0.3) is 5.91 Å². The van der Waals surface area contributed by atoms with Crippen molar-refractivity contribution in [1.29, 1.82) is 0 Å². The monoisotopic (exact) mass is 358 g/mol. The van der Waals surface area contributed by atoms with Crippen molar-refractivity contribution in [2.24, 2.45) is 5.10 Å². The summed E-state index contributed by atoms with van der Waals surface area (Å²) >= 11 is 5.59. The van der Waals surface area contributed by atoms with E-state index >= 15 is 0 Å². The first kappa shape index (κ1) is 17.6. The number of carbonyl (C=O) groups is 1. The number of hydrogen-bond acceptors (Lipinski definition) is 4. The van der Waals surface area contributed by atoms with Crippen LogP contribution < -0.4 is 5.43 Å². The number of phenols is 2. The van der Waals surface area contributed by atoms with Gasteiger partial charge in [-0.3, -0.25) is 4.79 Å². The zero-order valence-corrected chi connectivity index (χ0v) is 12.6. The topological polar surface area (TPSA) is 81.9 Å². The minimum absolute atomic E-state index is 0.0686. The number of carbonyl (C=O) groups excluding carboxylic acids is 1. The molecule has 0 bridgehead atoms. The molecule has 0 atom stereocenters. The van der Waals surface area contributed by atoms with E-state index in [0.29, 0.717) is 6.07 Å². The summed E-state index contributed by atoms with van der Waals surface area (Å²) in [6, 6.07) is 7.28. The Balaban J connectivity index is 2.23. The van der Waals surface area contributed by atoms with Crippen LogP contribution in [0.25, 0.3) is 0 Å². The van der Waals surface area contributed by atoms with Crippen LogP contribution in [0.1, 0.15) is 21.5 Å². The number of halogens is 4. The summed E-state index contributed by atoms with van der Waals surface area (Å²) < 4.78 is 38.3. The van der Waals surface area contributed by atoms with Gasteiger partial charge in [0, 0.05) is 10.6 Å². The van der Waals surface area contributed by atoms with Crippen LogP contribution in [0, 0.1) is 0 Å². The second kappa shape index (κ2) is 6.79. The van der Waals surface area contributed by atoms with E-state index in [9.17, 15) is 28.2 Å². The summed E-state index contributed by atoms with van der Waals surface area (Å²) in [5, 5.41) is 22.4. The molecular weight excluding hydrogens is 349 g/mol. The predicted octanol–water partition coefficient (Wildman–Crippen LogP) is 3.53. The summed E-state index contributed by atoms with van der Waals surface area (Å²) in [7, 11) is 0. The summed E-state index contributed by atoms with van der Waals surface area (Å²) in [5.74, 6) is -2.12. The third-order valence-electron chi connectivity index (χ3n) is 2.93. The van der Waals surface area contributed by atoms with Gasteiger partial charge in [-0.2, -0.15) is 18.3 Å². The van der Waals surface area contributed by atoms with Gasteiger partial charge >= 0.3 is 6.18 Å². The normalized spacial score (nSPS) is 11.7. The Morgan fingerprint density at radius 1 is 1.21 bits per heavy atom. The maximum Gasteiger partial charge on any atom is 0.420 e. The molecule has 2 aromatic rings. The van der Waals surface area contributed by atoms with Gasteiger partial charge in [0.2, 0.25) is 0 Å². The number of rotatable bonds is 3. The molecule has 0 aliphatic carbocycles. The largest absolute Gasteiger partial charge is 0.507 e. The number of hydrazone groups is 1. The first-order chi connectivity index (χ1) is 11.2. The molecule has 1 amide bonds. The molecule has 0 radical (unpaired) electrons. The molecule has 0 saturated heterocycles. The summed E-state index contributed by atoms with van der Waals surface area (Å²) in [4.78, 5) is 11.8. The van der Waals surface area contributed by atoms with Gasteiger partial charge in [-0.1, -0.05) is 23.7 Å². The highest BCUT2D eigenvalue weighted by Gasteiger charge is 2.35. The number of nitrogens with zero attached hydrogens (tertiary/aromatic N) is 1. The molecule has 0 heterocycles. The van der Waals surface area contributed by atoms with E-state index in [0.717, 1.165) is 12.3 Å². The molecule has 0 saturated carbocycles. The molecule has 0 aromatic heterocycles. The average Bonchev–Trinajstić information content (AvgIpc) is 2.49. The van der Waals surface area contributed by atoms with E-state index in [1.165, 1.54) is 24.3 Å². The van der Waals surface area contributed by atoms with Crippen LogP contribution >= 0.6 is 11.6 Å². The maximum absolute atomic E-state index is 12.8. The minimum atomic E-state index is -4.79. The first-order valence-corrected chi connectivity index (χ1v) is 6.79. The van der Waals surface area contributed by atoms with Gasteiger partial charge in [-0.25, -0.2) is 5.43 Å². The lowest BCUT2D eigenvalue weighted by atomic mass is 10.1. The maximum atomic E-state index is 12.8. The van der Waals surface area contributed by atoms with Crippen LogP contribution in [0.15, 0.2) is 41.5 Å². The number of amides is 1.